The van der Waals surface area contributed by atoms with E-state index in [1.54, 1.807) is 41.4 Å². The average Bonchev–Trinajstić information content (AvgIpc) is 3.92. The van der Waals surface area contributed by atoms with Crippen LogP contribution in [0, 0.1) is 5.92 Å². The van der Waals surface area contributed by atoms with Gasteiger partial charge in [-0.25, -0.2) is 4.98 Å². The molecule has 0 aliphatic carbocycles. The molecule has 0 saturated carbocycles. The summed E-state index contributed by atoms with van der Waals surface area (Å²) in [7, 11) is 0. The van der Waals surface area contributed by atoms with E-state index >= 15 is 0 Å². The highest BCUT2D eigenvalue weighted by Crippen LogP contribution is 2.24. The largest absolute Gasteiger partial charge is 0.472 e. The average molecular weight is 631 g/mol. The summed E-state index contributed by atoms with van der Waals surface area (Å²) in [6, 6.07) is 13.8. The van der Waals surface area contributed by atoms with Crippen molar-refractivity contribution >= 4 is 29.6 Å². The van der Waals surface area contributed by atoms with Crippen LogP contribution in [-0.2, 0) is 4.79 Å². The van der Waals surface area contributed by atoms with E-state index in [1.807, 2.05) is 18.2 Å². The second-order valence-electron chi connectivity index (χ2n) is 10.6. The summed E-state index contributed by atoms with van der Waals surface area (Å²) < 4.78 is 5.02. The van der Waals surface area contributed by atoms with Gasteiger partial charge in [-0.05, 0) is 55.3 Å². The predicted octanol–water partition coefficient (Wildman–Crippen LogP) is 3.45. The van der Waals surface area contributed by atoms with Crippen LogP contribution in [0.3, 0.4) is 0 Å². The van der Waals surface area contributed by atoms with Gasteiger partial charge in [0.2, 0.25) is 17.8 Å². The highest BCUT2D eigenvalue weighted by Gasteiger charge is 2.30. The van der Waals surface area contributed by atoms with Gasteiger partial charge in [-0.15, -0.1) is 10.2 Å². The van der Waals surface area contributed by atoms with E-state index in [0.717, 1.165) is 5.56 Å². The molecule has 1 atom stereocenters. The number of rotatable bonds is 8. The maximum Gasteiger partial charge on any atom is 0.258 e. The lowest BCUT2D eigenvalue weighted by Gasteiger charge is -2.31. The van der Waals surface area contributed by atoms with Crippen molar-refractivity contribution in [2.24, 2.45) is 5.92 Å². The third kappa shape index (κ3) is 6.46. The number of anilines is 2. The van der Waals surface area contributed by atoms with Crippen molar-refractivity contribution in [3.05, 3.63) is 90.8 Å². The monoisotopic (exact) mass is 630 g/mol. The molecule has 16 heteroatoms. The molecular weight excluding hydrogens is 604 g/mol. The van der Waals surface area contributed by atoms with E-state index in [9.17, 15) is 14.4 Å². The number of nitrogens with zero attached hydrogens (tertiary/aromatic N) is 8. The van der Waals surface area contributed by atoms with Crippen molar-refractivity contribution in [2.45, 2.75) is 12.8 Å². The van der Waals surface area contributed by atoms with E-state index in [4.69, 9.17) is 4.42 Å². The van der Waals surface area contributed by atoms with E-state index < -0.39 is 5.92 Å². The normalized spacial score (nSPS) is 14.5. The fraction of sp³-hybridized carbons (Fsp3) is 0.161. The number of piperidine rings is 1. The lowest BCUT2D eigenvalue weighted by atomic mass is 9.96. The molecule has 6 aromatic rings. The van der Waals surface area contributed by atoms with E-state index in [2.05, 4.69) is 55.9 Å². The maximum absolute atomic E-state index is 13.0. The molecule has 1 aliphatic heterocycles. The molecule has 16 nitrogen and oxygen atoms in total. The Hall–Kier alpha value is -6.58. The molecule has 6 aromatic heterocycles. The van der Waals surface area contributed by atoms with Crippen LogP contribution in [0.2, 0.25) is 0 Å². The Labute approximate surface area is 266 Å². The summed E-state index contributed by atoms with van der Waals surface area (Å²) in [4.78, 5) is 61.6. The molecule has 1 unspecified atom stereocenters. The van der Waals surface area contributed by atoms with Crippen LogP contribution in [0.1, 0.15) is 33.6 Å². The molecule has 47 heavy (non-hydrogen) atoms. The Morgan fingerprint density at radius 3 is 2.34 bits per heavy atom. The number of carbonyl (C=O) groups excluding carboxylic acids is 3. The first-order valence-electron chi connectivity index (χ1n) is 14.6. The zero-order valence-corrected chi connectivity index (χ0v) is 24.6. The molecule has 1 aliphatic rings. The molecule has 0 radical (unpaired) electrons. The lowest BCUT2D eigenvalue weighted by Crippen LogP contribution is -2.43. The zero-order valence-electron chi connectivity index (χ0n) is 24.6. The number of amides is 3. The van der Waals surface area contributed by atoms with Gasteiger partial charge in [-0.1, -0.05) is 6.07 Å². The maximum atomic E-state index is 13.0. The van der Waals surface area contributed by atoms with Crippen LogP contribution in [0.4, 0.5) is 11.9 Å². The molecule has 0 bridgehead atoms. The van der Waals surface area contributed by atoms with Crippen molar-refractivity contribution in [2.75, 3.05) is 23.7 Å². The highest BCUT2D eigenvalue weighted by molar-refractivity contribution is 6.03. The van der Waals surface area contributed by atoms with E-state index in [1.165, 1.54) is 24.9 Å². The number of likely N-dealkylation sites (tertiary alicyclic amines) is 1. The third-order valence-corrected chi connectivity index (χ3v) is 7.51. The minimum Gasteiger partial charge on any atom is -0.472 e. The second-order valence-corrected chi connectivity index (χ2v) is 10.6. The van der Waals surface area contributed by atoms with Crippen molar-refractivity contribution in [1.29, 1.82) is 0 Å². The SMILES string of the molecule is O=C(Nc1n[nH]c(-c2cccc(-c3ccc(-c4nc(NC(=O)C5CCCN(C(=O)c6ccoc6)C5)n[nH]4)nc3)n2)n1)c1ccncc1. The number of aromatic amines is 2. The van der Waals surface area contributed by atoms with Crippen LogP contribution in [0.15, 0.2) is 84.1 Å². The third-order valence-electron chi connectivity index (χ3n) is 7.51. The first-order valence-corrected chi connectivity index (χ1v) is 14.6. The van der Waals surface area contributed by atoms with Gasteiger partial charge in [-0.3, -0.25) is 45.2 Å². The highest BCUT2D eigenvalue weighted by atomic mass is 16.3. The van der Waals surface area contributed by atoms with Gasteiger partial charge in [0.1, 0.15) is 17.7 Å². The minimum absolute atomic E-state index is 0.115. The van der Waals surface area contributed by atoms with E-state index in [-0.39, 0.29) is 29.6 Å². The fourth-order valence-corrected chi connectivity index (χ4v) is 5.11. The van der Waals surface area contributed by atoms with Crippen LogP contribution in [0.25, 0.3) is 34.3 Å². The Kier molecular flexibility index (Phi) is 7.94. The minimum atomic E-state index is -0.392. The standard InChI is InChI=1S/C31H26N12O4/c44-27(18-8-11-32-12-9-18)37-31-36-26(40-42-31)24-5-1-4-22(34-24)19-6-7-23(33-15-19)25-35-30(41-39-25)38-28(45)20-3-2-13-43(16-20)29(46)21-10-14-47-17-21/h1,4-12,14-15,17,20H,2-3,13,16H2,(H2,35,38,39,41,45)(H2,36,37,40,42,44). The molecule has 3 amide bonds. The number of furan rings is 1. The van der Waals surface area contributed by atoms with Crippen molar-refractivity contribution in [3.63, 3.8) is 0 Å². The van der Waals surface area contributed by atoms with Gasteiger partial charge in [-0.2, -0.15) is 9.97 Å². The van der Waals surface area contributed by atoms with Gasteiger partial charge < -0.3 is 9.32 Å². The van der Waals surface area contributed by atoms with Gasteiger partial charge in [0, 0.05) is 42.8 Å². The van der Waals surface area contributed by atoms with Gasteiger partial charge in [0.15, 0.2) is 11.6 Å². The summed E-state index contributed by atoms with van der Waals surface area (Å²) in [5.74, 6) is -0.192. The molecule has 7 heterocycles. The molecule has 1 fully saturated rings. The van der Waals surface area contributed by atoms with Crippen molar-refractivity contribution in [1.82, 2.24) is 50.2 Å². The molecule has 0 aromatic carbocycles. The number of nitrogens with one attached hydrogen (secondary N) is 4. The molecule has 7 rings (SSSR count). The Balaban J connectivity index is 0.980. The Bertz CT molecular complexity index is 2020. The number of aromatic nitrogens is 9. The van der Waals surface area contributed by atoms with Crippen molar-refractivity contribution in [3.8, 4) is 34.3 Å². The number of H-pyrrole nitrogens is 2. The van der Waals surface area contributed by atoms with Gasteiger partial charge in [0.25, 0.3) is 11.8 Å². The van der Waals surface area contributed by atoms with Crippen LogP contribution in [0.5, 0.6) is 0 Å². The summed E-state index contributed by atoms with van der Waals surface area (Å²) in [6.07, 6.45) is 8.91. The molecule has 0 spiro atoms. The number of pyridine rings is 3. The first kappa shape index (κ1) is 29.1. The quantitative estimate of drug-likeness (QED) is 0.191. The Morgan fingerprint density at radius 2 is 1.60 bits per heavy atom. The van der Waals surface area contributed by atoms with Gasteiger partial charge in [0.05, 0.1) is 23.4 Å². The number of hydrogen-bond donors (Lipinski definition) is 4. The van der Waals surface area contributed by atoms with Gasteiger partial charge >= 0.3 is 0 Å². The second kappa shape index (κ2) is 12.8. The van der Waals surface area contributed by atoms with Crippen LogP contribution in [-0.4, -0.2) is 81.0 Å². The van der Waals surface area contributed by atoms with Crippen LogP contribution >= 0.6 is 0 Å². The smallest absolute Gasteiger partial charge is 0.258 e. The topological polar surface area (TPSA) is 213 Å². The molecule has 1 saturated heterocycles. The molecule has 4 N–H and O–H groups in total. The Morgan fingerprint density at radius 1 is 0.830 bits per heavy atom. The summed E-state index contributed by atoms with van der Waals surface area (Å²) in [6.45, 7) is 0.875. The van der Waals surface area contributed by atoms with Crippen molar-refractivity contribution < 1.29 is 18.8 Å². The summed E-state index contributed by atoms with van der Waals surface area (Å²) >= 11 is 0. The predicted molar refractivity (Wildman–Crippen MR) is 166 cm³/mol. The van der Waals surface area contributed by atoms with E-state index in [0.29, 0.717) is 65.8 Å². The zero-order chi connectivity index (χ0) is 32.2. The molecular formula is C31H26N12O4. The summed E-state index contributed by atoms with van der Waals surface area (Å²) in [5.41, 5.74) is 3.30. The number of hydrogen-bond acceptors (Lipinski definition) is 11. The summed E-state index contributed by atoms with van der Waals surface area (Å²) in [5, 5.41) is 19.2. The first-order chi connectivity index (χ1) is 23.0. The fourth-order valence-electron chi connectivity index (χ4n) is 5.11. The van der Waals surface area contributed by atoms with Crippen LogP contribution < -0.4 is 10.6 Å². The number of carbonyl (C=O) groups is 3. The molecule has 234 valence electrons. The lowest BCUT2D eigenvalue weighted by molar-refractivity contribution is -0.121.